The second-order valence-corrected chi connectivity index (χ2v) is 5.78. The van der Waals surface area contributed by atoms with Crippen LogP contribution >= 0.6 is 27.5 Å². The highest BCUT2D eigenvalue weighted by atomic mass is 79.9. The van der Waals surface area contributed by atoms with Crippen molar-refractivity contribution in [3.05, 3.63) is 68.9 Å². The van der Waals surface area contributed by atoms with Gasteiger partial charge in [0.25, 0.3) is 0 Å². The Balaban J connectivity index is 2.36. The molecule has 2 aromatic rings. The molecule has 106 valence electrons. The average molecular weight is 359 g/mol. The van der Waals surface area contributed by atoms with Crippen LogP contribution in [0.2, 0.25) is 5.02 Å². The summed E-state index contributed by atoms with van der Waals surface area (Å²) < 4.78 is 14.4. The summed E-state index contributed by atoms with van der Waals surface area (Å²) in [4.78, 5) is 0. The van der Waals surface area contributed by atoms with Crippen LogP contribution in [0.3, 0.4) is 0 Å². The van der Waals surface area contributed by atoms with Crippen molar-refractivity contribution >= 4 is 27.5 Å². The van der Waals surface area contributed by atoms with E-state index in [1.807, 2.05) is 24.3 Å². The van der Waals surface area contributed by atoms with Gasteiger partial charge in [-0.2, -0.15) is 0 Å². The number of aliphatic hydroxyl groups is 1. The molecular formula is C15H14BrClFNO. The fourth-order valence-corrected chi connectivity index (χ4v) is 2.63. The van der Waals surface area contributed by atoms with E-state index in [2.05, 4.69) is 15.9 Å². The maximum absolute atomic E-state index is 13.5. The van der Waals surface area contributed by atoms with E-state index in [0.717, 1.165) is 10.0 Å². The van der Waals surface area contributed by atoms with Crippen LogP contribution in [0, 0.1) is 5.82 Å². The second-order valence-electron chi connectivity index (χ2n) is 4.48. The Kier molecular flexibility index (Phi) is 5.16. The van der Waals surface area contributed by atoms with Crippen LogP contribution < -0.4 is 5.73 Å². The number of hydrogen-bond donors (Lipinski definition) is 2. The molecule has 0 saturated carbocycles. The van der Waals surface area contributed by atoms with Crippen molar-refractivity contribution in [1.82, 2.24) is 0 Å². The Morgan fingerprint density at radius 2 is 1.85 bits per heavy atom. The molecule has 0 fully saturated rings. The predicted octanol–water partition coefficient (Wildman–Crippen LogP) is 4.02. The number of halogens is 3. The fraction of sp³-hybridized carbons (Fsp3) is 0.200. The Morgan fingerprint density at radius 3 is 2.45 bits per heavy atom. The molecule has 0 amide bonds. The summed E-state index contributed by atoms with van der Waals surface area (Å²) in [5.41, 5.74) is 6.99. The van der Waals surface area contributed by atoms with Crippen LogP contribution in [0.25, 0.3) is 0 Å². The van der Waals surface area contributed by atoms with Gasteiger partial charge in [-0.25, -0.2) is 4.39 Å². The summed E-state index contributed by atoms with van der Waals surface area (Å²) in [5.74, 6) is -0.891. The summed E-state index contributed by atoms with van der Waals surface area (Å²) in [6.45, 7) is 0.232. The van der Waals surface area contributed by atoms with Gasteiger partial charge < -0.3 is 10.8 Å². The van der Waals surface area contributed by atoms with Crippen molar-refractivity contribution in [2.45, 2.75) is 12.0 Å². The lowest BCUT2D eigenvalue weighted by Crippen LogP contribution is -2.20. The molecule has 2 unspecified atom stereocenters. The molecular weight excluding hydrogens is 345 g/mol. The molecule has 2 aromatic carbocycles. The van der Waals surface area contributed by atoms with E-state index in [-0.39, 0.29) is 17.5 Å². The molecule has 0 heterocycles. The lowest BCUT2D eigenvalue weighted by Gasteiger charge is -2.23. The first-order valence-corrected chi connectivity index (χ1v) is 7.29. The minimum absolute atomic E-state index is 0.0597. The molecule has 0 spiro atoms. The van der Waals surface area contributed by atoms with Gasteiger partial charge in [0.15, 0.2) is 0 Å². The molecule has 0 saturated heterocycles. The smallest absolute Gasteiger partial charge is 0.142 e. The van der Waals surface area contributed by atoms with Gasteiger partial charge in [0.05, 0.1) is 11.1 Å². The van der Waals surface area contributed by atoms with Gasteiger partial charge >= 0.3 is 0 Å². The zero-order chi connectivity index (χ0) is 14.7. The van der Waals surface area contributed by atoms with Crippen molar-refractivity contribution in [3.8, 4) is 0 Å². The van der Waals surface area contributed by atoms with Gasteiger partial charge in [-0.1, -0.05) is 51.8 Å². The first-order chi connectivity index (χ1) is 9.54. The summed E-state index contributed by atoms with van der Waals surface area (Å²) in [5, 5.41) is 10.4. The van der Waals surface area contributed by atoms with Crippen molar-refractivity contribution < 1.29 is 9.50 Å². The largest absolute Gasteiger partial charge is 0.388 e. The van der Waals surface area contributed by atoms with E-state index in [1.54, 1.807) is 6.07 Å². The Labute approximate surface area is 130 Å². The predicted molar refractivity (Wildman–Crippen MR) is 82.3 cm³/mol. The Bertz CT molecular complexity index is 591. The molecule has 0 aliphatic rings. The average Bonchev–Trinajstić information content (AvgIpc) is 2.44. The maximum atomic E-state index is 13.5. The number of benzene rings is 2. The first kappa shape index (κ1) is 15.4. The molecule has 2 rings (SSSR count). The summed E-state index contributed by atoms with van der Waals surface area (Å²) >= 11 is 9.27. The Morgan fingerprint density at radius 1 is 1.20 bits per heavy atom. The highest BCUT2D eigenvalue weighted by Gasteiger charge is 2.24. The third-order valence-corrected chi connectivity index (χ3v) is 4.16. The normalized spacial score (nSPS) is 14.1. The third kappa shape index (κ3) is 3.20. The lowest BCUT2D eigenvalue weighted by atomic mass is 9.89. The molecule has 3 N–H and O–H groups in total. The van der Waals surface area contributed by atoms with Crippen LogP contribution in [0.5, 0.6) is 0 Å². The van der Waals surface area contributed by atoms with E-state index in [0.29, 0.717) is 5.56 Å². The summed E-state index contributed by atoms with van der Waals surface area (Å²) in [7, 11) is 0. The van der Waals surface area contributed by atoms with E-state index < -0.39 is 11.9 Å². The zero-order valence-electron chi connectivity index (χ0n) is 10.6. The highest BCUT2D eigenvalue weighted by molar-refractivity contribution is 9.10. The monoisotopic (exact) mass is 357 g/mol. The van der Waals surface area contributed by atoms with Crippen LogP contribution in [-0.4, -0.2) is 11.7 Å². The lowest BCUT2D eigenvalue weighted by molar-refractivity contribution is 0.147. The molecule has 2 nitrogen and oxygen atoms in total. The van der Waals surface area contributed by atoms with Crippen LogP contribution in [-0.2, 0) is 0 Å². The minimum atomic E-state index is -0.954. The van der Waals surface area contributed by atoms with Gasteiger partial charge in [-0.3, -0.25) is 0 Å². The molecule has 20 heavy (non-hydrogen) atoms. The fourth-order valence-electron chi connectivity index (χ4n) is 2.12. The van der Waals surface area contributed by atoms with Gasteiger partial charge in [0.2, 0.25) is 0 Å². The highest BCUT2D eigenvalue weighted by Crippen LogP contribution is 2.35. The summed E-state index contributed by atoms with van der Waals surface area (Å²) in [6, 6.07) is 11.9. The maximum Gasteiger partial charge on any atom is 0.142 e. The first-order valence-electron chi connectivity index (χ1n) is 6.12. The van der Waals surface area contributed by atoms with Gasteiger partial charge in [-0.05, 0) is 23.8 Å². The molecule has 5 heteroatoms. The van der Waals surface area contributed by atoms with E-state index >= 15 is 0 Å². The minimum Gasteiger partial charge on any atom is -0.388 e. The number of nitrogens with two attached hydrogens (primary N) is 1. The van der Waals surface area contributed by atoms with E-state index in [9.17, 15) is 9.50 Å². The quantitative estimate of drug-likeness (QED) is 0.867. The van der Waals surface area contributed by atoms with Gasteiger partial charge in [0.1, 0.15) is 5.82 Å². The van der Waals surface area contributed by atoms with Crippen molar-refractivity contribution in [2.75, 3.05) is 6.54 Å². The SMILES string of the molecule is NCC(c1ccc(Br)cc1)C(O)c1cccc(F)c1Cl. The topological polar surface area (TPSA) is 46.2 Å². The molecule has 0 aliphatic carbocycles. The standard InChI is InChI=1S/C15H14BrClFNO/c16-10-6-4-9(5-7-10)12(8-19)15(20)11-2-1-3-13(18)14(11)17/h1-7,12,15,20H,8,19H2. The Hall–Kier alpha value is -0.940. The van der Waals surface area contributed by atoms with Crippen molar-refractivity contribution in [3.63, 3.8) is 0 Å². The third-order valence-electron chi connectivity index (χ3n) is 3.23. The number of hydrogen-bond acceptors (Lipinski definition) is 2. The van der Waals surface area contributed by atoms with Crippen LogP contribution in [0.15, 0.2) is 46.9 Å². The van der Waals surface area contributed by atoms with Crippen LogP contribution in [0.4, 0.5) is 4.39 Å². The molecule has 0 aromatic heterocycles. The number of rotatable bonds is 4. The molecule has 0 bridgehead atoms. The molecule has 0 aliphatic heterocycles. The van der Waals surface area contributed by atoms with E-state index in [1.165, 1.54) is 12.1 Å². The van der Waals surface area contributed by atoms with Crippen molar-refractivity contribution in [2.24, 2.45) is 5.73 Å². The van der Waals surface area contributed by atoms with Gasteiger partial charge in [-0.15, -0.1) is 0 Å². The van der Waals surface area contributed by atoms with Crippen LogP contribution in [0.1, 0.15) is 23.1 Å². The zero-order valence-corrected chi connectivity index (χ0v) is 12.9. The molecule has 0 radical (unpaired) electrons. The summed E-state index contributed by atoms with van der Waals surface area (Å²) in [6.07, 6.45) is -0.954. The second kappa shape index (κ2) is 6.68. The van der Waals surface area contributed by atoms with Crippen molar-refractivity contribution in [1.29, 1.82) is 0 Å². The number of aliphatic hydroxyl groups excluding tert-OH is 1. The molecule has 2 atom stereocenters. The van der Waals surface area contributed by atoms with Gasteiger partial charge in [0, 0.05) is 22.5 Å². The van der Waals surface area contributed by atoms with E-state index in [4.69, 9.17) is 17.3 Å².